The maximum atomic E-state index is 14.8. The first-order chi connectivity index (χ1) is 20.7. The van der Waals surface area contributed by atoms with Crippen molar-refractivity contribution in [2.45, 2.75) is 5.40 Å². The molecule has 0 N–H and O–H groups in total. The van der Waals surface area contributed by atoms with Crippen molar-refractivity contribution in [1.29, 1.82) is 0 Å². The van der Waals surface area contributed by atoms with E-state index in [2.05, 4.69) is 182 Å². The van der Waals surface area contributed by atoms with E-state index in [4.69, 9.17) is 12.6 Å². The summed E-state index contributed by atoms with van der Waals surface area (Å²) in [4.78, 5) is 14.8. The normalized spacial score (nSPS) is 11.8. The van der Waals surface area contributed by atoms with Gasteiger partial charge in [0.2, 0.25) is 0 Å². The van der Waals surface area contributed by atoms with Gasteiger partial charge in [-0.15, -0.1) is 0 Å². The molecule has 6 rings (SSSR count). The second kappa shape index (κ2) is 12.6. The second-order valence-corrected chi connectivity index (χ2v) is 18.0. The number of hydrogen-bond donors (Lipinski definition) is 1. The molecule has 0 aliphatic heterocycles. The summed E-state index contributed by atoms with van der Waals surface area (Å²) >= 11 is 4.90. The third-order valence-corrected chi connectivity index (χ3v) is 19.3. The summed E-state index contributed by atoms with van der Waals surface area (Å²) in [5.41, 5.74) is 0. The van der Waals surface area contributed by atoms with Crippen LogP contribution in [-0.4, -0.2) is 10.5 Å². The van der Waals surface area contributed by atoms with Crippen molar-refractivity contribution >= 4 is 64.1 Å². The van der Waals surface area contributed by atoms with Gasteiger partial charge in [-0.25, -0.2) is 0 Å². The molecule has 0 bridgehead atoms. The molecular weight excluding hydrogens is 566 g/mol. The Hall–Kier alpha value is -3.80. The van der Waals surface area contributed by atoms with Crippen molar-refractivity contribution in [2.24, 2.45) is 0 Å². The summed E-state index contributed by atoms with van der Waals surface area (Å²) in [5, 5.41) is 6.44. The third kappa shape index (κ3) is 4.85. The lowest BCUT2D eigenvalue weighted by Crippen LogP contribution is -2.49. The van der Waals surface area contributed by atoms with Crippen LogP contribution in [0.1, 0.15) is 0 Å². The fourth-order valence-electron chi connectivity index (χ4n) is 6.31. The number of hydrogen-bond acceptors (Lipinski definition) is 1. The average Bonchev–Trinajstić information content (AvgIpc) is 3.07. The molecule has 42 heavy (non-hydrogen) atoms. The summed E-state index contributed by atoms with van der Waals surface area (Å²) < 4.78 is 0. The van der Waals surface area contributed by atoms with E-state index in [-0.39, 0.29) is 5.12 Å². The maximum Gasteiger partial charge on any atom is 0.266 e. The maximum absolute atomic E-state index is 14.8. The van der Waals surface area contributed by atoms with E-state index in [0.29, 0.717) is 0 Å². The molecule has 0 aromatic heterocycles. The van der Waals surface area contributed by atoms with Gasteiger partial charge in [-0.05, 0) is 72.8 Å². The molecule has 0 atom stereocenters. The van der Waals surface area contributed by atoms with Crippen LogP contribution in [0.25, 0.3) is 0 Å². The number of benzene rings is 6. The van der Waals surface area contributed by atoms with E-state index in [0.717, 1.165) is 0 Å². The standard InChI is InChI=1S/C38H31OP2S/c39-37(42)38(40(31-19-7-1-8-20-31,32-21-9-2-10-22-32)33-23-11-3-12-24-33)41(34-25-13-4-14-26-34,35-27-15-5-16-28-35)36-29-17-6-18-30-36/h1-30,38H/q+1/p+1. The molecule has 6 aromatic rings. The van der Waals surface area contributed by atoms with E-state index >= 15 is 0 Å². The molecule has 0 radical (unpaired) electrons. The minimum Gasteiger partial charge on any atom is -0.278 e. The molecule has 0 heterocycles. The van der Waals surface area contributed by atoms with E-state index in [1.54, 1.807) is 0 Å². The Morgan fingerprint density at radius 2 is 0.524 bits per heavy atom. The summed E-state index contributed by atoms with van der Waals surface area (Å²) in [6.07, 6.45) is 0. The molecule has 0 aliphatic carbocycles. The SMILES string of the molecule is O=C(S)C([P+](c1ccccc1)(c1ccccc1)c1ccccc1)[P+](c1ccccc1)(c1ccccc1)c1ccccc1. The Balaban J connectivity index is 1.88. The average molecular weight is 599 g/mol. The molecule has 1 nitrogen and oxygen atoms in total. The minimum absolute atomic E-state index is 0.0928. The molecule has 0 spiro atoms. The van der Waals surface area contributed by atoms with E-state index < -0.39 is 19.9 Å². The van der Waals surface area contributed by atoms with Crippen LogP contribution in [0.5, 0.6) is 0 Å². The minimum atomic E-state index is -2.71. The number of carbonyl (C=O) groups excluding carboxylic acids is 1. The Labute approximate surface area is 255 Å². The number of carbonyl (C=O) groups is 1. The highest BCUT2D eigenvalue weighted by Gasteiger charge is 2.71. The summed E-state index contributed by atoms with van der Waals surface area (Å²) in [6.45, 7) is 0. The van der Waals surface area contributed by atoms with Gasteiger partial charge in [-0.3, -0.25) is 4.79 Å². The van der Waals surface area contributed by atoms with Crippen molar-refractivity contribution in [2.75, 3.05) is 0 Å². The van der Waals surface area contributed by atoms with E-state index in [1.807, 2.05) is 0 Å². The van der Waals surface area contributed by atoms with Crippen molar-refractivity contribution in [3.05, 3.63) is 182 Å². The summed E-state index contributed by atoms with van der Waals surface area (Å²) in [6, 6.07) is 64.1. The molecule has 0 unspecified atom stereocenters. The first-order valence-electron chi connectivity index (χ1n) is 14.0. The highest BCUT2D eigenvalue weighted by Crippen LogP contribution is 2.77. The van der Waals surface area contributed by atoms with Crippen molar-refractivity contribution in [3.63, 3.8) is 0 Å². The van der Waals surface area contributed by atoms with Crippen LogP contribution in [0.2, 0.25) is 0 Å². The third-order valence-electron chi connectivity index (χ3n) is 7.94. The van der Waals surface area contributed by atoms with Crippen LogP contribution in [0.3, 0.4) is 0 Å². The second-order valence-electron chi connectivity index (χ2n) is 10.2. The van der Waals surface area contributed by atoms with Crippen LogP contribution < -0.4 is 31.8 Å². The van der Waals surface area contributed by atoms with Crippen molar-refractivity contribution < 1.29 is 4.79 Å². The van der Waals surface area contributed by atoms with Gasteiger partial charge in [0, 0.05) is 0 Å². The molecule has 0 saturated heterocycles. The van der Waals surface area contributed by atoms with Gasteiger partial charge >= 0.3 is 0 Å². The fourth-order valence-corrected chi connectivity index (χ4v) is 19.8. The quantitative estimate of drug-likeness (QED) is 0.144. The van der Waals surface area contributed by atoms with Crippen LogP contribution in [0, 0.1) is 0 Å². The van der Waals surface area contributed by atoms with Crippen molar-refractivity contribution in [3.8, 4) is 0 Å². The van der Waals surface area contributed by atoms with Gasteiger partial charge in [0.1, 0.15) is 31.8 Å². The molecule has 4 heteroatoms. The zero-order chi connectivity index (χ0) is 28.8. The van der Waals surface area contributed by atoms with Gasteiger partial charge in [-0.2, -0.15) is 0 Å². The smallest absolute Gasteiger partial charge is 0.266 e. The Kier molecular flexibility index (Phi) is 8.50. The van der Waals surface area contributed by atoms with Crippen LogP contribution in [0.15, 0.2) is 182 Å². The van der Waals surface area contributed by atoms with Gasteiger partial charge in [0.15, 0.2) is 14.5 Å². The Morgan fingerprint density at radius 1 is 0.357 bits per heavy atom. The van der Waals surface area contributed by atoms with Gasteiger partial charge < -0.3 is 0 Å². The lowest BCUT2D eigenvalue weighted by Gasteiger charge is -2.39. The monoisotopic (exact) mass is 598 g/mol. The number of rotatable bonds is 9. The van der Waals surface area contributed by atoms with Crippen LogP contribution in [0.4, 0.5) is 0 Å². The van der Waals surface area contributed by atoms with Crippen LogP contribution in [-0.2, 0) is 4.79 Å². The molecular formula is C38H32OP2S+2. The lowest BCUT2D eigenvalue weighted by molar-refractivity contribution is -0.109. The topological polar surface area (TPSA) is 17.1 Å². The molecule has 6 aromatic carbocycles. The summed E-state index contributed by atoms with van der Waals surface area (Å²) in [5.74, 6) is 0. The lowest BCUT2D eigenvalue weighted by atomic mass is 10.3. The van der Waals surface area contributed by atoms with Gasteiger partial charge in [0.25, 0.3) is 10.5 Å². The highest BCUT2D eigenvalue weighted by molar-refractivity contribution is 8.15. The van der Waals surface area contributed by atoms with E-state index in [9.17, 15) is 4.79 Å². The molecule has 204 valence electrons. The number of thiol groups is 1. The predicted octanol–water partition coefficient (Wildman–Crippen LogP) is 6.76. The zero-order valence-electron chi connectivity index (χ0n) is 23.1. The summed E-state index contributed by atoms with van der Waals surface area (Å²) in [7, 11) is -5.43. The molecule has 0 fully saturated rings. The first kappa shape index (κ1) is 28.3. The Bertz CT molecular complexity index is 1410. The fraction of sp³-hybridized carbons (Fsp3) is 0.0263. The largest absolute Gasteiger partial charge is 0.278 e. The van der Waals surface area contributed by atoms with Crippen LogP contribution >= 0.6 is 27.2 Å². The molecule has 0 aliphatic rings. The molecule has 0 amide bonds. The predicted molar refractivity (Wildman–Crippen MR) is 188 cm³/mol. The Morgan fingerprint density at radius 3 is 0.667 bits per heavy atom. The first-order valence-corrected chi connectivity index (χ1v) is 18.2. The van der Waals surface area contributed by atoms with Gasteiger partial charge in [-0.1, -0.05) is 122 Å². The highest BCUT2D eigenvalue weighted by atomic mass is 32.1. The van der Waals surface area contributed by atoms with E-state index in [1.165, 1.54) is 31.8 Å². The zero-order valence-corrected chi connectivity index (χ0v) is 25.8. The molecule has 0 saturated carbocycles. The van der Waals surface area contributed by atoms with Gasteiger partial charge in [0.05, 0.1) is 0 Å². The van der Waals surface area contributed by atoms with Crippen molar-refractivity contribution in [1.82, 2.24) is 0 Å².